The number of carbonyl (C=O) groups is 1. The van der Waals surface area contributed by atoms with Crippen molar-refractivity contribution in [3.8, 4) is 18.1 Å². The summed E-state index contributed by atoms with van der Waals surface area (Å²) in [7, 11) is 0. The topological polar surface area (TPSA) is 98.9 Å². The van der Waals surface area contributed by atoms with Crippen molar-refractivity contribution in [3.05, 3.63) is 45.6 Å². The lowest BCUT2D eigenvalue weighted by molar-refractivity contribution is -0.432. The van der Waals surface area contributed by atoms with Crippen LogP contribution in [0.15, 0.2) is 30.0 Å². The number of esters is 1. The van der Waals surface area contributed by atoms with E-state index >= 15 is 0 Å². The summed E-state index contributed by atoms with van der Waals surface area (Å²) in [5, 5.41) is 20.8. The number of aliphatic hydroxyl groups is 1. The molecule has 1 aromatic carbocycles. The molecular formula is C15H15NO6. The third-order valence-corrected chi connectivity index (χ3v) is 2.53. The summed E-state index contributed by atoms with van der Waals surface area (Å²) < 4.78 is 9.83. The van der Waals surface area contributed by atoms with Crippen molar-refractivity contribution in [2.24, 2.45) is 0 Å². The summed E-state index contributed by atoms with van der Waals surface area (Å²) >= 11 is 0. The van der Waals surface area contributed by atoms with Gasteiger partial charge in [-0.1, -0.05) is 24.1 Å². The van der Waals surface area contributed by atoms with E-state index in [0.29, 0.717) is 11.3 Å². The largest absolute Gasteiger partial charge is 0.480 e. The average Bonchev–Trinajstić information content (AvgIpc) is 2.50. The molecule has 0 bridgehead atoms. The number of terminal acetylenes is 1. The van der Waals surface area contributed by atoms with Crippen LogP contribution < -0.4 is 4.74 Å². The molecule has 7 nitrogen and oxygen atoms in total. The van der Waals surface area contributed by atoms with Gasteiger partial charge in [0.05, 0.1) is 11.5 Å². The number of carbonyl (C=O) groups excluding carboxylic acids is 1. The molecule has 0 radical (unpaired) electrons. The summed E-state index contributed by atoms with van der Waals surface area (Å²) in [4.78, 5) is 21.7. The predicted octanol–water partition coefficient (Wildman–Crippen LogP) is 1.24. The molecule has 0 aromatic heterocycles. The quantitative estimate of drug-likeness (QED) is 0.352. The standard InChI is InChI=1S/C15H15NO6/c1-3-9-22-13-8-6-5-7-11(13)10-12(16(19)20)14(17)15(18)21-4-2/h1,5-8,10,14,17H,4,9H2,2H3/b12-10-. The molecule has 0 saturated heterocycles. The summed E-state index contributed by atoms with van der Waals surface area (Å²) in [6.07, 6.45) is 4.16. The Balaban J connectivity index is 3.16. The summed E-state index contributed by atoms with van der Waals surface area (Å²) in [5.41, 5.74) is -0.400. The van der Waals surface area contributed by atoms with Gasteiger partial charge in [0, 0.05) is 11.6 Å². The van der Waals surface area contributed by atoms with Crippen molar-refractivity contribution in [3.63, 3.8) is 0 Å². The molecule has 0 amide bonds. The lowest BCUT2D eigenvalue weighted by Crippen LogP contribution is -2.28. The molecule has 0 aliphatic heterocycles. The third kappa shape index (κ3) is 4.61. The van der Waals surface area contributed by atoms with Gasteiger partial charge in [-0.3, -0.25) is 10.1 Å². The van der Waals surface area contributed by atoms with Gasteiger partial charge in [-0.2, -0.15) is 0 Å². The number of hydrogen-bond acceptors (Lipinski definition) is 6. The third-order valence-electron chi connectivity index (χ3n) is 2.53. The lowest BCUT2D eigenvalue weighted by atomic mass is 10.1. The van der Waals surface area contributed by atoms with Gasteiger partial charge in [0.1, 0.15) is 12.4 Å². The zero-order chi connectivity index (χ0) is 16.5. The minimum Gasteiger partial charge on any atom is -0.480 e. The highest BCUT2D eigenvalue weighted by Gasteiger charge is 2.31. The minimum atomic E-state index is -1.99. The first-order valence-electron chi connectivity index (χ1n) is 6.37. The lowest BCUT2D eigenvalue weighted by Gasteiger charge is -2.09. The van der Waals surface area contributed by atoms with Gasteiger partial charge < -0.3 is 14.6 Å². The molecule has 1 rings (SSSR count). The molecule has 1 N–H and O–H groups in total. The molecule has 0 aliphatic carbocycles. The van der Waals surface area contributed by atoms with Crippen LogP contribution in [-0.4, -0.2) is 35.3 Å². The van der Waals surface area contributed by atoms with Gasteiger partial charge in [0.25, 0.3) is 5.70 Å². The fourth-order valence-corrected chi connectivity index (χ4v) is 1.58. The molecule has 1 atom stereocenters. The van der Waals surface area contributed by atoms with E-state index in [-0.39, 0.29) is 13.2 Å². The van der Waals surface area contributed by atoms with Gasteiger partial charge >= 0.3 is 5.97 Å². The highest BCUT2D eigenvalue weighted by Crippen LogP contribution is 2.22. The monoisotopic (exact) mass is 305 g/mol. The van der Waals surface area contributed by atoms with Gasteiger partial charge in [-0.15, -0.1) is 6.42 Å². The van der Waals surface area contributed by atoms with Crippen LogP contribution in [-0.2, 0) is 9.53 Å². The van der Waals surface area contributed by atoms with E-state index in [1.807, 2.05) is 0 Å². The molecule has 0 saturated carbocycles. The Hall–Kier alpha value is -2.85. The van der Waals surface area contributed by atoms with E-state index in [2.05, 4.69) is 10.7 Å². The molecule has 0 aliphatic rings. The van der Waals surface area contributed by atoms with Crippen LogP contribution in [0.5, 0.6) is 5.75 Å². The molecule has 1 unspecified atom stereocenters. The number of nitro groups is 1. The smallest absolute Gasteiger partial charge is 0.346 e. The summed E-state index contributed by atoms with van der Waals surface area (Å²) in [5.74, 6) is 1.49. The molecule has 1 aromatic rings. The van der Waals surface area contributed by atoms with Gasteiger partial charge in [-0.25, -0.2) is 4.79 Å². The first-order valence-corrected chi connectivity index (χ1v) is 6.37. The van der Waals surface area contributed by atoms with Gasteiger partial charge in [0.2, 0.25) is 6.10 Å². The van der Waals surface area contributed by atoms with Crippen molar-refractivity contribution < 1.29 is 24.3 Å². The highest BCUT2D eigenvalue weighted by molar-refractivity contribution is 5.79. The second-order valence-corrected chi connectivity index (χ2v) is 4.01. The van der Waals surface area contributed by atoms with Crippen molar-refractivity contribution in [2.45, 2.75) is 13.0 Å². The molecule has 0 fully saturated rings. The van der Waals surface area contributed by atoms with Crippen molar-refractivity contribution in [1.29, 1.82) is 0 Å². The van der Waals surface area contributed by atoms with Crippen molar-refractivity contribution >= 4 is 12.0 Å². The molecule has 116 valence electrons. The molecule has 0 heterocycles. The first kappa shape index (κ1) is 17.2. The minimum absolute atomic E-state index is 0.00273. The van der Waals surface area contributed by atoms with Gasteiger partial charge in [0.15, 0.2) is 0 Å². The van der Waals surface area contributed by atoms with Crippen LogP contribution in [0.3, 0.4) is 0 Å². The van der Waals surface area contributed by atoms with E-state index in [1.165, 1.54) is 13.0 Å². The zero-order valence-electron chi connectivity index (χ0n) is 11.9. The maximum atomic E-state index is 11.5. The Labute approximate surface area is 127 Å². The number of benzene rings is 1. The Morgan fingerprint density at radius 3 is 2.82 bits per heavy atom. The highest BCUT2D eigenvalue weighted by atomic mass is 16.6. The van der Waals surface area contributed by atoms with E-state index in [9.17, 15) is 20.0 Å². The van der Waals surface area contributed by atoms with Crippen molar-refractivity contribution in [1.82, 2.24) is 0 Å². The number of nitrogens with zero attached hydrogens (tertiary/aromatic N) is 1. The maximum absolute atomic E-state index is 11.5. The molecule has 22 heavy (non-hydrogen) atoms. The number of aliphatic hydroxyl groups excluding tert-OH is 1. The Morgan fingerprint density at radius 2 is 2.23 bits per heavy atom. The molecule has 0 spiro atoms. The number of hydrogen-bond donors (Lipinski definition) is 1. The zero-order valence-corrected chi connectivity index (χ0v) is 11.9. The second-order valence-electron chi connectivity index (χ2n) is 4.01. The fourth-order valence-electron chi connectivity index (χ4n) is 1.58. The van der Waals surface area contributed by atoms with Crippen LogP contribution >= 0.6 is 0 Å². The second kappa shape index (κ2) is 8.44. The van der Waals surface area contributed by atoms with E-state index < -0.39 is 22.7 Å². The summed E-state index contributed by atoms with van der Waals surface area (Å²) in [6, 6.07) is 6.39. The predicted molar refractivity (Wildman–Crippen MR) is 78.4 cm³/mol. The normalized spacial score (nSPS) is 12.1. The summed E-state index contributed by atoms with van der Waals surface area (Å²) in [6.45, 7) is 1.52. The number of para-hydroxylation sites is 1. The van der Waals surface area contributed by atoms with Crippen LogP contribution in [0.2, 0.25) is 0 Å². The average molecular weight is 305 g/mol. The van der Waals surface area contributed by atoms with Crippen LogP contribution in [0, 0.1) is 22.5 Å². The Kier molecular flexibility index (Phi) is 6.60. The van der Waals surface area contributed by atoms with E-state index in [4.69, 9.17) is 11.2 Å². The van der Waals surface area contributed by atoms with Crippen molar-refractivity contribution in [2.75, 3.05) is 13.2 Å². The fraction of sp³-hybridized carbons (Fsp3) is 0.267. The van der Waals surface area contributed by atoms with Crippen LogP contribution in [0.4, 0.5) is 0 Å². The molecule has 7 heteroatoms. The first-order chi connectivity index (χ1) is 10.5. The van der Waals surface area contributed by atoms with Crippen LogP contribution in [0.25, 0.3) is 6.08 Å². The molecular weight excluding hydrogens is 290 g/mol. The Bertz CT molecular complexity index is 617. The van der Waals surface area contributed by atoms with Crippen LogP contribution in [0.1, 0.15) is 12.5 Å². The van der Waals surface area contributed by atoms with E-state index in [1.54, 1.807) is 18.2 Å². The van der Waals surface area contributed by atoms with Gasteiger partial charge in [-0.05, 0) is 13.0 Å². The van der Waals surface area contributed by atoms with E-state index in [0.717, 1.165) is 6.08 Å². The number of ether oxygens (including phenoxy) is 2. The Morgan fingerprint density at radius 1 is 1.55 bits per heavy atom. The number of rotatable bonds is 7. The SMILES string of the molecule is C#CCOc1ccccc1/C=C(/C(O)C(=O)OCC)[N+](=O)[O-]. The maximum Gasteiger partial charge on any atom is 0.346 e.